The quantitative estimate of drug-likeness (QED) is 0.704. The fourth-order valence-electron chi connectivity index (χ4n) is 3.96. The van der Waals surface area contributed by atoms with E-state index in [9.17, 15) is 0 Å². The first-order chi connectivity index (χ1) is 10.9. The topological polar surface area (TPSA) is 12.2 Å². The molecule has 0 N–H and O–H groups in total. The van der Waals surface area contributed by atoms with Gasteiger partial charge in [-0.2, -0.15) is 0 Å². The van der Waals surface area contributed by atoms with E-state index >= 15 is 0 Å². The van der Waals surface area contributed by atoms with E-state index in [1.54, 1.807) is 0 Å². The Balaban J connectivity index is 0.00000156. The zero-order valence-corrected chi connectivity index (χ0v) is 14.8. The number of benzene rings is 2. The van der Waals surface area contributed by atoms with Gasteiger partial charge in [0, 0.05) is 19.3 Å². The lowest BCUT2D eigenvalue weighted by atomic mass is 9.73. The van der Waals surface area contributed by atoms with Crippen LogP contribution in [0.25, 0.3) is 0 Å². The SMILES string of the molecule is [Br-].c1ccc(C2(c3ccccc3)CCOC2=[N+]2CCCC2)cc1. The third-order valence-electron chi connectivity index (χ3n) is 5.01. The van der Waals surface area contributed by atoms with Crippen LogP contribution in [0.2, 0.25) is 0 Å². The predicted molar refractivity (Wildman–Crippen MR) is 88.5 cm³/mol. The summed E-state index contributed by atoms with van der Waals surface area (Å²) in [5, 5.41) is 0. The highest BCUT2D eigenvalue weighted by atomic mass is 79.9. The molecular formula is C20H22BrNO. The third-order valence-corrected chi connectivity index (χ3v) is 5.01. The second-order valence-corrected chi connectivity index (χ2v) is 6.24. The zero-order valence-electron chi connectivity index (χ0n) is 13.2. The zero-order chi connectivity index (χ0) is 14.8. The van der Waals surface area contributed by atoms with Crippen molar-refractivity contribution in [1.29, 1.82) is 0 Å². The molecule has 0 saturated carbocycles. The van der Waals surface area contributed by atoms with E-state index in [1.165, 1.54) is 29.9 Å². The van der Waals surface area contributed by atoms with Crippen LogP contribution >= 0.6 is 0 Å². The molecule has 2 heterocycles. The molecule has 0 aromatic heterocycles. The lowest BCUT2D eigenvalue weighted by molar-refractivity contribution is -0.516. The standard InChI is InChI=1S/C20H22NO.BrH/c1-3-9-17(10-4-1)20(18-11-5-2-6-12-18)13-16-22-19(20)21-14-7-8-15-21;/h1-6,9-12H,7-8,13-16H2;1H/q+1;/p-1. The maximum absolute atomic E-state index is 6.20. The van der Waals surface area contributed by atoms with E-state index in [4.69, 9.17) is 4.74 Å². The first-order valence-corrected chi connectivity index (χ1v) is 8.27. The fourth-order valence-corrected chi connectivity index (χ4v) is 3.96. The van der Waals surface area contributed by atoms with Crippen LogP contribution in [-0.4, -0.2) is 30.2 Å². The summed E-state index contributed by atoms with van der Waals surface area (Å²) in [7, 11) is 0. The Labute approximate surface area is 148 Å². The predicted octanol–water partition coefficient (Wildman–Crippen LogP) is 0.602. The molecule has 0 bridgehead atoms. The molecule has 23 heavy (non-hydrogen) atoms. The largest absolute Gasteiger partial charge is 1.00 e. The summed E-state index contributed by atoms with van der Waals surface area (Å²) in [4.78, 5) is 0. The normalized spacial score (nSPS) is 19.3. The minimum Gasteiger partial charge on any atom is -1.00 e. The molecular weight excluding hydrogens is 350 g/mol. The molecule has 120 valence electrons. The summed E-state index contributed by atoms with van der Waals surface area (Å²) in [6.07, 6.45) is 3.56. The van der Waals surface area contributed by atoms with Gasteiger partial charge in [-0.15, -0.1) is 0 Å². The molecule has 3 heteroatoms. The number of ether oxygens (including phenoxy) is 1. The Kier molecular flexibility index (Phi) is 4.86. The molecule has 0 spiro atoms. The van der Waals surface area contributed by atoms with Crippen molar-refractivity contribution >= 4 is 5.90 Å². The maximum Gasteiger partial charge on any atom is 0.351 e. The van der Waals surface area contributed by atoms with Crippen LogP contribution in [0, 0.1) is 0 Å². The Morgan fingerprint density at radius 2 is 1.30 bits per heavy atom. The van der Waals surface area contributed by atoms with E-state index in [0.29, 0.717) is 0 Å². The summed E-state index contributed by atoms with van der Waals surface area (Å²) < 4.78 is 8.67. The molecule has 2 nitrogen and oxygen atoms in total. The summed E-state index contributed by atoms with van der Waals surface area (Å²) in [5.41, 5.74) is 2.58. The van der Waals surface area contributed by atoms with Crippen molar-refractivity contribution in [2.24, 2.45) is 0 Å². The molecule has 2 fully saturated rings. The number of rotatable bonds is 2. The Morgan fingerprint density at radius 3 is 1.83 bits per heavy atom. The van der Waals surface area contributed by atoms with Gasteiger partial charge in [0.2, 0.25) is 0 Å². The van der Waals surface area contributed by atoms with Gasteiger partial charge in [-0.05, 0) is 11.1 Å². The Hall–Kier alpha value is -1.61. The summed E-state index contributed by atoms with van der Waals surface area (Å²) in [6, 6.07) is 21.7. The summed E-state index contributed by atoms with van der Waals surface area (Å²) >= 11 is 0. The maximum atomic E-state index is 6.20. The van der Waals surface area contributed by atoms with Gasteiger partial charge in [0.1, 0.15) is 18.5 Å². The van der Waals surface area contributed by atoms with Crippen molar-refractivity contribution < 1.29 is 26.3 Å². The van der Waals surface area contributed by atoms with Gasteiger partial charge in [-0.1, -0.05) is 60.7 Å². The minimum absolute atomic E-state index is 0. The molecule has 0 amide bonds. The van der Waals surface area contributed by atoms with Crippen molar-refractivity contribution in [2.75, 3.05) is 19.7 Å². The van der Waals surface area contributed by atoms with Crippen LogP contribution in [-0.2, 0) is 10.2 Å². The monoisotopic (exact) mass is 371 g/mol. The summed E-state index contributed by atoms with van der Waals surface area (Å²) in [5.74, 6) is 1.17. The Bertz CT molecular complexity index is 634. The second kappa shape index (κ2) is 6.88. The Morgan fingerprint density at radius 1 is 0.783 bits per heavy atom. The van der Waals surface area contributed by atoms with Gasteiger partial charge < -0.3 is 21.7 Å². The van der Waals surface area contributed by atoms with Crippen LogP contribution in [0.4, 0.5) is 0 Å². The number of hydrogen-bond acceptors (Lipinski definition) is 1. The van der Waals surface area contributed by atoms with Crippen LogP contribution in [0.1, 0.15) is 30.4 Å². The average molecular weight is 372 g/mol. The molecule has 0 unspecified atom stereocenters. The highest BCUT2D eigenvalue weighted by Gasteiger charge is 2.51. The van der Waals surface area contributed by atoms with E-state index in [1.807, 2.05) is 0 Å². The van der Waals surface area contributed by atoms with Gasteiger partial charge in [0.05, 0.1) is 6.61 Å². The van der Waals surface area contributed by atoms with E-state index in [0.717, 1.165) is 26.1 Å². The van der Waals surface area contributed by atoms with Crippen molar-refractivity contribution in [1.82, 2.24) is 0 Å². The highest BCUT2D eigenvalue weighted by Crippen LogP contribution is 2.41. The van der Waals surface area contributed by atoms with Crippen LogP contribution < -0.4 is 17.0 Å². The smallest absolute Gasteiger partial charge is 0.351 e. The van der Waals surface area contributed by atoms with Crippen LogP contribution in [0.5, 0.6) is 0 Å². The molecule has 2 aliphatic heterocycles. The van der Waals surface area contributed by atoms with Gasteiger partial charge in [-0.25, -0.2) is 4.58 Å². The lowest BCUT2D eigenvalue weighted by Crippen LogP contribution is -3.00. The van der Waals surface area contributed by atoms with Crippen molar-refractivity contribution in [2.45, 2.75) is 24.7 Å². The second-order valence-electron chi connectivity index (χ2n) is 6.24. The third kappa shape index (κ3) is 2.72. The molecule has 0 radical (unpaired) electrons. The van der Waals surface area contributed by atoms with Crippen molar-refractivity contribution in [3.8, 4) is 0 Å². The molecule has 2 aromatic rings. The fraction of sp³-hybridized carbons (Fsp3) is 0.350. The average Bonchev–Trinajstić information content (AvgIpc) is 3.26. The molecule has 2 saturated heterocycles. The molecule has 2 aliphatic rings. The first-order valence-electron chi connectivity index (χ1n) is 8.27. The summed E-state index contributed by atoms with van der Waals surface area (Å²) in [6.45, 7) is 3.04. The molecule has 2 aromatic carbocycles. The van der Waals surface area contributed by atoms with Crippen LogP contribution in [0.3, 0.4) is 0 Å². The molecule has 0 aliphatic carbocycles. The van der Waals surface area contributed by atoms with Gasteiger partial charge in [-0.3, -0.25) is 0 Å². The highest BCUT2D eigenvalue weighted by molar-refractivity contribution is 5.90. The van der Waals surface area contributed by atoms with Gasteiger partial charge in [0.15, 0.2) is 0 Å². The van der Waals surface area contributed by atoms with E-state index in [-0.39, 0.29) is 22.4 Å². The lowest BCUT2D eigenvalue weighted by Gasteiger charge is -2.26. The molecule has 4 rings (SSSR count). The van der Waals surface area contributed by atoms with Crippen LogP contribution in [0.15, 0.2) is 60.7 Å². The molecule has 0 atom stereocenters. The number of halogens is 1. The van der Waals surface area contributed by atoms with Crippen molar-refractivity contribution in [3.05, 3.63) is 71.8 Å². The minimum atomic E-state index is -0.118. The van der Waals surface area contributed by atoms with E-state index in [2.05, 4.69) is 65.2 Å². The van der Waals surface area contributed by atoms with Crippen molar-refractivity contribution in [3.63, 3.8) is 0 Å². The van der Waals surface area contributed by atoms with Gasteiger partial charge in [0.25, 0.3) is 0 Å². The van der Waals surface area contributed by atoms with E-state index < -0.39 is 0 Å². The number of nitrogens with zero attached hydrogens (tertiary/aromatic N) is 1. The van der Waals surface area contributed by atoms with Gasteiger partial charge >= 0.3 is 5.90 Å². The first kappa shape index (κ1) is 16.3. The number of hydrogen-bond donors (Lipinski definition) is 0.